The van der Waals surface area contributed by atoms with E-state index < -0.39 is 0 Å². The molecule has 0 amide bonds. The molecule has 0 aliphatic heterocycles. The van der Waals surface area contributed by atoms with Gasteiger partial charge in [-0.05, 0) is 42.9 Å². The predicted octanol–water partition coefficient (Wildman–Crippen LogP) is 1.68. The van der Waals surface area contributed by atoms with Crippen molar-refractivity contribution in [2.75, 3.05) is 34.5 Å². The highest BCUT2D eigenvalue weighted by atomic mass is 32.1. The first-order valence-electron chi connectivity index (χ1n) is 6.85. The molecule has 0 spiro atoms. The Bertz CT molecular complexity index is 521. The third-order valence-electron chi connectivity index (χ3n) is 2.91. The summed E-state index contributed by atoms with van der Waals surface area (Å²) in [7, 11) is 4.93. The number of nitrogens with zero attached hydrogens (tertiary/aromatic N) is 1. The molecule has 0 atom stereocenters. The molecule has 6 nitrogen and oxygen atoms in total. The Labute approximate surface area is 136 Å². The van der Waals surface area contributed by atoms with Gasteiger partial charge in [-0.25, -0.2) is 0 Å². The molecule has 0 heterocycles. The van der Waals surface area contributed by atoms with Gasteiger partial charge in [0.1, 0.15) is 5.75 Å². The van der Waals surface area contributed by atoms with E-state index in [1.807, 2.05) is 25.1 Å². The van der Waals surface area contributed by atoms with Crippen LogP contribution in [0.25, 0.3) is 0 Å². The van der Waals surface area contributed by atoms with E-state index in [1.54, 1.807) is 21.3 Å². The molecular weight excluding hydrogens is 302 g/mol. The van der Waals surface area contributed by atoms with Gasteiger partial charge in [-0.3, -0.25) is 5.43 Å². The van der Waals surface area contributed by atoms with Crippen molar-refractivity contribution < 1.29 is 14.2 Å². The first-order chi connectivity index (χ1) is 10.6. The van der Waals surface area contributed by atoms with Gasteiger partial charge in [-0.15, -0.1) is 0 Å². The normalized spacial score (nSPS) is 11.2. The van der Waals surface area contributed by atoms with Crippen molar-refractivity contribution in [1.82, 2.24) is 10.7 Å². The van der Waals surface area contributed by atoms with Gasteiger partial charge in [0.05, 0.1) is 26.0 Å². The molecule has 0 unspecified atom stereocenters. The smallest absolute Gasteiger partial charge is 0.187 e. The van der Waals surface area contributed by atoms with Gasteiger partial charge < -0.3 is 19.5 Å². The Hall–Kier alpha value is -1.70. The van der Waals surface area contributed by atoms with Crippen LogP contribution in [0.15, 0.2) is 23.3 Å². The van der Waals surface area contributed by atoms with Crippen molar-refractivity contribution in [3.8, 4) is 5.75 Å². The summed E-state index contributed by atoms with van der Waals surface area (Å²) < 4.78 is 15.4. The van der Waals surface area contributed by atoms with Crippen LogP contribution in [0, 0.1) is 0 Å². The van der Waals surface area contributed by atoms with Gasteiger partial charge in [0.25, 0.3) is 0 Å². The van der Waals surface area contributed by atoms with Crippen LogP contribution in [0.5, 0.6) is 5.75 Å². The average molecular weight is 325 g/mol. The average Bonchev–Trinajstić information content (AvgIpc) is 2.53. The van der Waals surface area contributed by atoms with Crippen molar-refractivity contribution in [2.24, 2.45) is 5.10 Å². The maximum absolute atomic E-state index is 5.31. The fourth-order valence-electron chi connectivity index (χ4n) is 1.78. The van der Waals surface area contributed by atoms with Gasteiger partial charge in [0.2, 0.25) is 0 Å². The van der Waals surface area contributed by atoms with Gasteiger partial charge in [-0.2, -0.15) is 5.10 Å². The lowest BCUT2D eigenvalue weighted by Gasteiger charge is -2.11. The summed E-state index contributed by atoms with van der Waals surface area (Å²) >= 11 is 5.12. The Morgan fingerprint density at radius 2 is 2.00 bits per heavy atom. The SMILES string of the molecule is COCCNC(=S)N/N=C(/C)c1ccc(OC)c(COC)c1. The van der Waals surface area contributed by atoms with Gasteiger partial charge >= 0.3 is 0 Å². The van der Waals surface area contributed by atoms with Crippen LogP contribution in [-0.4, -0.2) is 45.3 Å². The standard InChI is InChI=1S/C15H23N3O3S/c1-11(17-18-15(22)16-7-8-19-2)12-5-6-14(21-4)13(9-12)10-20-3/h5-6,9H,7-8,10H2,1-4H3,(H2,16,18,22)/b17-11-. The van der Waals surface area contributed by atoms with Gasteiger partial charge in [0, 0.05) is 26.3 Å². The largest absolute Gasteiger partial charge is 0.496 e. The summed E-state index contributed by atoms with van der Waals surface area (Å²) in [6, 6.07) is 5.84. The van der Waals surface area contributed by atoms with Crippen LogP contribution in [0.1, 0.15) is 18.1 Å². The van der Waals surface area contributed by atoms with Crippen LogP contribution >= 0.6 is 12.2 Å². The molecule has 1 aromatic carbocycles. The summed E-state index contributed by atoms with van der Waals surface area (Å²) in [6.45, 7) is 3.61. The second kappa shape index (κ2) is 10.1. The third kappa shape index (κ3) is 5.97. The Morgan fingerprint density at radius 1 is 1.23 bits per heavy atom. The summed E-state index contributed by atoms with van der Waals surface area (Å²) in [5.74, 6) is 0.795. The minimum absolute atomic E-state index is 0.460. The van der Waals surface area contributed by atoms with E-state index in [-0.39, 0.29) is 0 Å². The number of hydrogen-bond donors (Lipinski definition) is 2. The zero-order valence-corrected chi connectivity index (χ0v) is 14.3. The fraction of sp³-hybridized carbons (Fsp3) is 0.467. The van der Waals surface area contributed by atoms with Crippen LogP contribution in [-0.2, 0) is 16.1 Å². The van der Waals surface area contributed by atoms with E-state index in [2.05, 4.69) is 15.8 Å². The summed E-state index contributed by atoms with van der Waals surface area (Å²) in [5, 5.41) is 7.72. The van der Waals surface area contributed by atoms with E-state index >= 15 is 0 Å². The van der Waals surface area contributed by atoms with Crippen molar-refractivity contribution in [2.45, 2.75) is 13.5 Å². The van der Waals surface area contributed by atoms with E-state index in [1.165, 1.54) is 0 Å². The lowest BCUT2D eigenvalue weighted by molar-refractivity contribution is 0.181. The Morgan fingerprint density at radius 3 is 2.64 bits per heavy atom. The number of rotatable bonds is 8. The molecule has 1 rings (SSSR count). The van der Waals surface area contributed by atoms with E-state index in [9.17, 15) is 0 Å². The highest BCUT2D eigenvalue weighted by Crippen LogP contribution is 2.21. The zero-order valence-electron chi connectivity index (χ0n) is 13.4. The molecule has 0 aliphatic rings. The summed E-state index contributed by atoms with van der Waals surface area (Å²) in [4.78, 5) is 0. The van der Waals surface area contributed by atoms with Crippen LogP contribution in [0.3, 0.4) is 0 Å². The number of benzene rings is 1. The Kier molecular flexibility index (Phi) is 8.42. The lowest BCUT2D eigenvalue weighted by atomic mass is 10.1. The number of methoxy groups -OCH3 is 3. The van der Waals surface area contributed by atoms with Crippen molar-refractivity contribution in [3.63, 3.8) is 0 Å². The van der Waals surface area contributed by atoms with Crippen LogP contribution < -0.4 is 15.5 Å². The molecule has 0 aromatic heterocycles. The highest BCUT2D eigenvalue weighted by Gasteiger charge is 2.06. The number of thiocarbonyl (C=S) groups is 1. The molecule has 0 saturated heterocycles. The molecule has 22 heavy (non-hydrogen) atoms. The number of hydrogen-bond acceptors (Lipinski definition) is 5. The second-order valence-electron chi connectivity index (χ2n) is 4.52. The first kappa shape index (κ1) is 18.3. The van der Waals surface area contributed by atoms with E-state index in [0.29, 0.717) is 24.9 Å². The van der Waals surface area contributed by atoms with Crippen molar-refractivity contribution in [1.29, 1.82) is 0 Å². The van der Waals surface area contributed by atoms with Crippen molar-refractivity contribution >= 4 is 23.0 Å². The quantitative estimate of drug-likeness (QED) is 0.328. The molecule has 1 aromatic rings. The van der Waals surface area contributed by atoms with Crippen LogP contribution in [0.2, 0.25) is 0 Å². The molecule has 0 fully saturated rings. The summed E-state index contributed by atoms with van der Waals surface area (Å²) in [5.41, 5.74) is 5.57. The minimum Gasteiger partial charge on any atom is -0.496 e. The topological polar surface area (TPSA) is 64.1 Å². The predicted molar refractivity (Wildman–Crippen MR) is 91.5 cm³/mol. The summed E-state index contributed by atoms with van der Waals surface area (Å²) in [6.07, 6.45) is 0. The minimum atomic E-state index is 0.460. The maximum Gasteiger partial charge on any atom is 0.187 e. The molecule has 2 N–H and O–H groups in total. The molecule has 7 heteroatoms. The van der Waals surface area contributed by atoms with E-state index in [4.69, 9.17) is 26.4 Å². The maximum atomic E-state index is 5.31. The number of ether oxygens (including phenoxy) is 3. The number of nitrogens with one attached hydrogen (secondary N) is 2. The molecule has 0 bridgehead atoms. The Balaban J connectivity index is 2.71. The zero-order chi connectivity index (χ0) is 16.4. The molecule has 0 aliphatic carbocycles. The third-order valence-corrected chi connectivity index (χ3v) is 3.15. The monoisotopic (exact) mass is 325 g/mol. The van der Waals surface area contributed by atoms with Gasteiger partial charge in [-0.1, -0.05) is 0 Å². The molecule has 122 valence electrons. The van der Waals surface area contributed by atoms with E-state index in [0.717, 1.165) is 22.6 Å². The molecular formula is C15H23N3O3S. The highest BCUT2D eigenvalue weighted by molar-refractivity contribution is 7.80. The lowest BCUT2D eigenvalue weighted by Crippen LogP contribution is -2.34. The second-order valence-corrected chi connectivity index (χ2v) is 4.93. The van der Waals surface area contributed by atoms with Gasteiger partial charge in [0.15, 0.2) is 5.11 Å². The number of hydrazone groups is 1. The molecule has 0 saturated carbocycles. The first-order valence-corrected chi connectivity index (χ1v) is 7.26. The molecule has 0 radical (unpaired) electrons. The van der Waals surface area contributed by atoms with Crippen LogP contribution in [0.4, 0.5) is 0 Å². The van der Waals surface area contributed by atoms with Crippen molar-refractivity contribution in [3.05, 3.63) is 29.3 Å². The fourth-order valence-corrected chi connectivity index (χ4v) is 1.92.